The first-order valence-corrected chi connectivity index (χ1v) is 6.12. The van der Waals surface area contributed by atoms with E-state index >= 15 is 0 Å². The highest BCUT2D eigenvalue weighted by molar-refractivity contribution is 6.31. The first kappa shape index (κ1) is 12.6. The van der Waals surface area contributed by atoms with Crippen molar-refractivity contribution in [1.82, 2.24) is 5.32 Å². The molecule has 0 amide bonds. The zero-order chi connectivity index (χ0) is 12.3. The second-order valence-electron chi connectivity index (χ2n) is 4.21. The van der Waals surface area contributed by atoms with Crippen molar-refractivity contribution in [2.45, 2.75) is 12.5 Å². The topological polar surface area (TPSA) is 35.5 Å². The largest absolute Gasteiger partial charge is 0.395 e. The van der Waals surface area contributed by atoms with Crippen LogP contribution in [0.4, 0.5) is 10.1 Å². The average molecular weight is 259 g/mol. The lowest BCUT2D eigenvalue weighted by molar-refractivity contribution is 0.286. The summed E-state index contributed by atoms with van der Waals surface area (Å²) in [4.78, 5) is 2.17. The van der Waals surface area contributed by atoms with Crippen LogP contribution in [-0.2, 0) is 0 Å². The lowest BCUT2D eigenvalue weighted by atomic mass is 10.2. The number of hydrogen-bond acceptors (Lipinski definition) is 3. The molecule has 0 radical (unpaired) electrons. The van der Waals surface area contributed by atoms with Crippen LogP contribution >= 0.6 is 11.6 Å². The molecule has 0 aromatic heterocycles. The maximum absolute atomic E-state index is 13.0. The summed E-state index contributed by atoms with van der Waals surface area (Å²) in [5.41, 5.74) is 0.949. The number of halogens is 2. The molecule has 0 bridgehead atoms. The van der Waals surface area contributed by atoms with Crippen LogP contribution in [0.1, 0.15) is 6.42 Å². The van der Waals surface area contributed by atoms with E-state index in [1.807, 2.05) is 0 Å². The summed E-state index contributed by atoms with van der Waals surface area (Å²) in [5, 5.41) is 12.2. The van der Waals surface area contributed by atoms with Crippen LogP contribution in [0.5, 0.6) is 0 Å². The van der Waals surface area contributed by atoms with Gasteiger partial charge in [0.05, 0.1) is 11.6 Å². The van der Waals surface area contributed by atoms with E-state index in [0.717, 1.165) is 25.2 Å². The van der Waals surface area contributed by atoms with Crippen molar-refractivity contribution < 1.29 is 9.50 Å². The second kappa shape index (κ2) is 5.67. The average Bonchev–Trinajstić information content (AvgIpc) is 2.79. The molecule has 1 atom stereocenters. The summed E-state index contributed by atoms with van der Waals surface area (Å²) in [7, 11) is 0. The van der Waals surface area contributed by atoms with Gasteiger partial charge in [-0.15, -0.1) is 0 Å². The van der Waals surface area contributed by atoms with E-state index in [9.17, 15) is 4.39 Å². The zero-order valence-corrected chi connectivity index (χ0v) is 10.3. The van der Waals surface area contributed by atoms with Gasteiger partial charge in [-0.05, 0) is 24.6 Å². The molecule has 1 aromatic rings. The molecule has 5 heteroatoms. The molecule has 2 N–H and O–H groups in total. The Bertz CT molecular complexity index is 389. The predicted molar refractivity (Wildman–Crippen MR) is 67.1 cm³/mol. The molecule has 1 unspecified atom stereocenters. The van der Waals surface area contributed by atoms with Crippen LogP contribution in [0.15, 0.2) is 18.2 Å². The first-order chi connectivity index (χ1) is 8.20. The Morgan fingerprint density at radius 1 is 1.53 bits per heavy atom. The van der Waals surface area contributed by atoms with Crippen molar-refractivity contribution in [1.29, 1.82) is 0 Å². The summed E-state index contributed by atoms with van der Waals surface area (Å²) in [6, 6.07) is 5.18. The smallest absolute Gasteiger partial charge is 0.141 e. The highest BCUT2D eigenvalue weighted by Gasteiger charge is 2.22. The van der Waals surface area contributed by atoms with E-state index < -0.39 is 0 Å². The van der Waals surface area contributed by atoms with Gasteiger partial charge in [-0.1, -0.05) is 11.6 Å². The monoisotopic (exact) mass is 258 g/mol. The Morgan fingerprint density at radius 2 is 2.35 bits per heavy atom. The fourth-order valence-electron chi connectivity index (χ4n) is 2.11. The quantitative estimate of drug-likeness (QED) is 0.862. The molecule has 0 saturated carbocycles. The van der Waals surface area contributed by atoms with E-state index in [2.05, 4.69) is 10.2 Å². The third-order valence-electron chi connectivity index (χ3n) is 3.00. The molecule has 1 fully saturated rings. The maximum Gasteiger partial charge on any atom is 0.141 e. The predicted octanol–water partition coefficient (Wildman–Crippen LogP) is 1.64. The molecule has 1 aromatic carbocycles. The molecule has 1 aliphatic rings. The van der Waals surface area contributed by atoms with Crippen LogP contribution in [0.3, 0.4) is 0 Å². The van der Waals surface area contributed by atoms with E-state index in [4.69, 9.17) is 16.7 Å². The summed E-state index contributed by atoms with van der Waals surface area (Å²) >= 11 is 5.76. The van der Waals surface area contributed by atoms with Gasteiger partial charge in [0.2, 0.25) is 0 Å². The molecule has 0 aliphatic carbocycles. The third-order valence-corrected chi connectivity index (χ3v) is 3.29. The highest BCUT2D eigenvalue weighted by atomic mass is 35.5. The van der Waals surface area contributed by atoms with Crippen molar-refractivity contribution in [3.8, 4) is 0 Å². The number of hydrogen-bond donors (Lipinski definition) is 2. The van der Waals surface area contributed by atoms with Crippen LogP contribution in [-0.4, -0.2) is 37.4 Å². The molecule has 94 valence electrons. The summed E-state index contributed by atoms with van der Waals surface area (Å²) in [6.45, 7) is 2.55. The third kappa shape index (κ3) is 3.09. The van der Waals surface area contributed by atoms with Gasteiger partial charge in [-0.25, -0.2) is 4.39 Å². The second-order valence-corrected chi connectivity index (χ2v) is 4.61. The SMILES string of the molecule is OCCNC1CCN(c2ccc(F)c(Cl)c2)C1. The van der Waals surface area contributed by atoms with Gasteiger partial charge in [0.15, 0.2) is 0 Å². The van der Waals surface area contributed by atoms with E-state index in [0.29, 0.717) is 12.6 Å². The molecule has 1 saturated heterocycles. The molecule has 1 aliphatic heterocycles. The standard InChI is InChI=1S/C12H16ClFN2O/c13-11-7-10(1-2-12(11)14)16-5-3-9(8-16)15-4-6-17/h1-2,7,9,15,17H,3-6,8H2. The van der Waals surface area contributed by atoms with Crippen molar-refractivity contribution in [2.24, 2.45) is 0 Å². The van der Waals surface area contributed by atoms with Crippen LogP contribution < -0.4 is 10.2 Å². The molecular formula is C12H16ClFN2O. The fourth-order valence-corrected chi connectivity index (χ4v) is 2.29. The summed E-state index contributed by atoms with van der Waals surface area (Å²) < 4.78 is 13.0. The van der Waals surface area contributed by atoms with Crippen LogP contribution in [0, 0.1) is 5.82 Å². The minimum Gasteiger partial charge on any atom is -0.395 e. The number of anilines is 1. The minimum atomic E-state index is -0.385. The first-order valence-electron chi connectivity index (χ1n) is 5.75. The number of aliphatic hydroxyl groups is 1. The van der Waals surface area contributed by atoms with E-state index in [-0.39, 0.29) is 17.4 Å². The van der Waals surface area contributed by atoms with E-state index in [1.54, 1.807) is 12.1 Å². The van der Waals surface area contributed by atoms with Gasteiger partial charge in [0.1, 0.15) is 5.82 Å². The van der Waals surface area contributed by atoms with Crippen molar-refractivity contribution in [3.63, 3.8) is 0 Å². The molecule has 3 nitrogen and oxygen atoms in total. The van der Waals surface area contributed by atoms with Gasteiger partial charge < -0.3 is 15.3 Å². The Hall–Kier alpha value is -0.840. The Labute approximate surface area is 105 Å². The zero-order valence-electron chi connectivity index (χ0n) is 9.50. The minimum absolute atomic E-state index is 0.152. The Morgan fingerprint density at radius 3 is 3.06 bits per heavy atom. The number of nitrogens with zero attached hydrogens (tertiary/aromatic N) is 1. The van der Waals surface area contributed by atoms with Gasteiger partial charge in [-0.3, -0.25) is 0 Å². The lowest BCUT2D eigenvalue weighted by Crippen LogP contribution is -2.34. The Kier molecular flexibility index (Phi) is 4.20. The van der Waals surface area contributed by atoms with Gasteiger partial charge in [-0.2, -0.15) is 0 Å². The normalized spacial score (nSPS) is 19.9. The number of nitrogens with one attached hydrogen (secondary N) is 1. The van der Waals surface area contributed by atoms with E-state index in [1.165, 1.54) is 6.07 Å². The summed E-state index contributed by atoms with van der Waals surface area (Å²) in [6.07, 6.45) is 1.02. The Balaban J connectivity index is 1.97. The number of aliphatic hydroxyl groups excluding tert-OH is 1. The van der Waals surface area contributed by atoms with Crippen molar-refractivity contribution >= 4 is 17.3 Å². The van der Waals surface area contributed by atoms with Crippen molar-refractivity contribution in [3.05, 3.63) is 29.0 Å². The fraction of sp³-hybridized carbons (Fsp3) is 0.500. The highest BCUT2D eigenvalue weighted by Crippen LogP contribution is 2.25. The molecule has 1 heterocycles. The van der Waals surface area contributed by atoms with Crippen LogP contribution in [0.2, 0.25) is 5.02 Å². The number of rotatable bonds is 4. The van der Waals surface area contributed by atoms with Gasteiger partial charge >= 0.3 is 0 Å². The molecule has 0 spiro atoms. The molecule has 17 heavy (non-hydrogen) atoms. The van der Waals surface area contributed by atoms with Crippen molar-refractivity contribution in [2.75, 3.05) is 31.1 Å². The molecule has 2 rings (SSSR count). The van der Waals surface area contributed by atoms with Gasteiger partial charge in [0.25, 0.3) is 0 Å². The van der Waals surface area contributed by atoms with Gasteiger partial charge in [0, 0.05) is 31.4 Å². The number of benzene rings is 1. The lowest BCUT2D eigenvalue weighted by Gasteiger charge is -2.19. The summed E-state index contributed by atoms with van der Waals surface area (Å²) in [5.74, 6) is -0.385. The van der Waals surface area contributed by atoms with Crippen LogP contribution in [0.25, 0.3) is 0 Å². The molecular weight excluding hydrogens is 243 g/mol. The maximum atomic E-state index is 13.0.